The molecule has 0 spiro atoms. The molecular formula is C8H16N2O. The molecule has 1 atom stereocenters. The van der Waals surface area contributed by atoms with Gasteiger partial charge in [0, 0.05) is 26.1 Å². The molecule has 0 aromatic carbocycles. The van der Waals surface area contributed by atoms with Crippen LogP contribution in [0.3, 0.4) is 0 Å². The monoisotopic (exact) mass is 156 g/mol. The third kappa shape index (κ3) is 2.50. The van der Waals surface area contributed by atoms with Crippen molar-refractivity contribution in [2.24, 2.45) is 0 Å². The smallest absolute Gasteiger partial charge is 0.217 e. The van der Waals surface area contributed by atoms with E-state index in [4.69, 9.17) is 0 Å². The summed E-state index contributed by atoms with van der Waals surface area (Å²) in [4.78, 5) is 13.0. The van der Waals surface area contributed by atoms with Crippen LogP contribution in [0, 0.1) is 0 Å². The molecule has 3 heteroatoms. The topological polar surface area (TPSA) is 32.3 Å². The lowest BCUT2D eigenvalue weighted by Crippen LogP contribution is -2.35. The Labute approximate surface area is 67.8 Å². The predicted molar refractivity (Wildman–Crippen MR) is 44.3 cm³/mol. The third-order valence-electron chi connectivity index (χ3n) is 2.13. The number of likely N-dealkylation sites (tertiary alicyclic amines) is 1. The van der Waals surface area contributed by atoms with E-state index in [2.05, 4.69) is 17.1 Å². The molecule has 1 rings (SSSR count). The Balaban J connectivity index is 2.24. The molecule has 0 radical (unpaired) electrons. The van der Waals surface area contributed by atoms with E-state index in [0.29, 0.717) is 6.04 Å². The van der Waals surface area contributed by atoms with Gasteiger partial charge in [-0.15, -0.1) is 0 Å². The Kier molecular flexibility index (Phi) is 2.88. The standard InChI is InChI=1S/C8H16N2O/c1-3-10-5-4-8(6-10)9-7(2)11/h8H,3-6H2,1-2H3,(H,9,11)/t8-/m1/s1. The van der Waals surface area contributed by atoms with Crippen LogP contribution in [-0.4, -0.2) is 36.5 Å². The zero-order valence-corrected chi connectivity index (χ0v) is 7.26. The normalized spacial score (nSPS) is 25.5. The lowest BCUT2D eigenvalue weighted by Gasteiger charge is -2.13. The molecule has 0 saturated carbocycles. The summed E-state index contributed by atoms with van der Waals surface area (Å²) in [5, 5.41) is 2.93. The average molecular weight is 156 g/mol. The quantitative estimate of drug-likeness (QED) is 0.620. The van der Waals surface area contributed by atoms with E-state index in [1.165, 1.54) is 0 Å². The maximum Gasteiger partial charge on any atom is 0.217 e. The molecule has 11 heavy (non-hydrogen) atoms. The van der Waals surface area contributed by atoms with Gasteiger partial charge >= 0.3 is 0 Å². The molecule has 0 unspecified atom stereocenters. The highest BCUT2D eigenvalue weighted by Gasteiger charge is 2.20. The van der Waals surface area contributed by atoms with E-state index >= 15 is 0 Å². The number of hydrogen-bond acceptors (Lipinski definition) is 2. The van der Waals surface area contributed by atoms with Crippen molar-refractivity contribution < 1.29 is 4.79 Å². The molecule has 1 N–H and O–H groups in total. The number of carbonyl (C=O) groups excluding carboxylic acids is 1. The van der Waals surface area contributed by atoms with Crippen molar-refractivity contribution in [2.75, 3.05) is 19.6 Å². The number of rotatable bonds is 2. The van der Waals surface area contributed by atoms with Gasteiger partial charge in [-0.1, -0.05) is 6.92 Å². The fourth-order valence-electron chi connectivity index (χ4n) is 1.53. The summed E-state index contributed by atoms with van der Waals surface area (Å²) < 4.78 is 0. The van der Waals surface area contributed by atoms with Crippen LogP contribution < -0.4 is 5.32 Å². The van der Waals surface area contributed by atoms with Crippen molar-refractivity contribution in [3.8, 4) is 0 Å². The molecule has 0 bridgehead atoms. The van der Waals surface area contributed by atoms with E-state index in [1.54, 1.807) is 6.92 Å². The van der Waals surface area contributed by atoms with Gasteiger partial charge in [0.05, 0.1) is 0 Å². The van der Waals surface area contributed by atoms with Crippen molar-refractivity contribution in [1.29, 1.82) is 0 Å². The highest BCUT2D eigenvalue weighted by atomic mass is 16.1. The second-order valence-corrected chi connectivity index (χ2v) is 3.08. The van der Waals surface area contributed by atoms with E-state index in [0.717, 1.165) is 26.1 Å². The molecule has 1 saturated heterocycles. The van der Waals surface area contributed by atoms with Gasteiger partial charge in [0.2, 0.25) is 5.91 Å². The van der Waals surface area contributed by atoms with Gasteiger partial charge in [-0.2, -0.15) is 0 Å². The van der Waals surface area contributed by atoms with Gasteiger partial charge < -0.3 is 10.2 Å². The molecule has 3 nitrogen and oxygen atoms in total. The van der Waals surface area contributed by atoms with Gasteiger partial charge in [-0.3, -0.25) is 4.79 Å². The molecule has 1 aliphatic rings. The largest absolute Gasteiger partial charge is 0.352 e. The molecular weight excluding hydrogens is 140 g/mol. The van der Waals surface area contributed by atoms with Crippen LogP contribution in [0.1, 0.15) is 20.3 Å². The molecule has 0 aromatic heterocycles. The fourth-order valence-corrected chi connectivity index (χ4v) is 1.53. The number of likely N-dealkylation sites (N-methyl/N-ethyl adjacent to an activating group) is 1. The maximum absolute atomic E-state index is 10.7. The molecule has 1 heterocycles. The minimum Gasteiger partial charge on any atom is -0.352 e. The summed E-state index contributed by atoms with van der Waals surface area (Å²) in [6, 6.07) is 0.396. The fraction of sp³-hybridized carbons (Fsp3) is 0.875. The molecule has 0 aliphatic carbocycles. The number of hydrogen-bond donors (Lipinski definition) is 1. The molecule has 1 amide bonds. The summed E-state index contributed by atoms with van der Waals surface area (Å²) in [5.41, 5.74) is 0. The van der Waals surface area contributed by atoms with Gasteiger partial charge in [-0.05, 0) is 13.0 Å². The van der Waals surface area contributed by atoms with Crippen LogP contribution >= 0.6 is 0 Å². The summed E-state index contributed by atoms with van der Waals surface area (Å²) in [7, 11) is 0. The van der Waals surface area contributed by atoms with Crippen LogP contribution in [-0.2, 0) is 4.79 Å². The number of nitrogens with zero attached hydrogens (tertiary/aromatic N) is 1. The first-order valence-electron chi connectivity index (χ1n) is 4.22. The van der Waals surface area contributed by atoms with Crippen LogP contribution in [0.15, 0.2) is 0 Å². The Morgan fingerprint density at radius 2 is 2.45 bits per heavy atom. The lowest BCUT2D eigenvalue weighted by atomic mass is 10.3. The summed E-state index contributed by atoms with van der Waals surface area (Å²) >= 11 is 0. The Morgan fingerprint density at radius 3 is 2.91 bits per heavy atom. The number of nitrogens with one attached hydrogen (secondary N) is 1. The second kappa shape index (κ2) is 3.72. The van der Waals surface area contributed by atoms with Crippen molar-refractivity contribution in [1.82, 2.24) is 10.2 Å². The van der Waals surface area contributed by atoms with Gasteiger partial charge in [0.15, 0.2) is 0 Å². The zero-order chi connectivity index (χ0) is 8.27. The lowest BCUT2D eigenvalue weighted by molar-refractivity contribution is -0.119. The summed E-state index contributed by atoms with van der Waals surface area (Å²) in [6.07, 6.45) is 1.10. The number of amides is 1. The second-order valence-electron chi connectivity index (χ2n) is 3.08. The first-order chi connectivity index (χ1) is 5.22. The molecule has 1 aliphatic heterocycles. The zero-order valence-electron chi connectivity index (χ0n) is 7.26. The molecule has 64 valence electrons. The molecule has 1 fully saturated rings. The van der Waals surface area contributed by atoms with E-state index < -0.39 is 0 Å². The minimum atomic E-state index is 0.0907. The highest BCUT2D eigenvalue weighted by Crippen LogP contribution is 2.07. The van der Waals surface area contributed by atoms with Gasteiger partial charge in [0.25, 0.3) is 0 Å². The predicted octanol–water partition coefficient (Wildman–Crippen LogP) is 0.217. The third-order valence-corrected chi connectivity index (χ3v) is 2.13. The van der Waals surface area contributed by atoms with Crippen molar-refractivity contribution >= 4 is 5.91 Å². The first kappa shape index (κ1) is 8.53. The highest BCUT2D eigenvalue weighted by molar-refractivity contribution is 5.73. The maximum atomic E-state index is 10.7. The first-order valence-corrected chi connectivity index (χ1v) is 4.22. The Morgan fingerprint density at radius 1 is 1.73 bits per heavy atom. The average Bonchev–Trinajstić information content (AvgIpc) is 2.34. The Hall–Kier alpha value is -0.570. The Bertz CT molecular complexity index is 147. The van der Waals surface area contributed by atoms with Crippen molar-refractivity contribution in [2.45, 2.75) is 26.3 Å². The van der Waals surface area contributed by atoms with E-state index in [1.807, 2.05) is 0 Å². The van der Waals surface area contributed by atoms with Crippen LogP contribution in [0.2, 0.25) is 0 Å². The van der Waals surface area contributed by atoms with Crippen LogP contribution in [0.25, 0.3) is 0 Å². The summed E-state index contributed by atoms with van der Waals surface area (Å²) in [6.45, 7) is 6.97. The van der Waals surface area contributed by atoms with E-state index in [-0.39, 0.29) is 5.91 Å². The molecule has 0 aromatic rings. The van der Waals surface area contributed by atoms with Crippen LogP contribution in [0.5, 0.6) is 0 Å². The number of carbonyl (C=O) groups is 1. The van der Waals surface area contributed by atoms with E-state index in [9.17, 15) is 4.79 Å². The SMILES string of the molecule is CCN1CC[C@@H](NC(C)=O)C1. The summed E-state index contributed by atoms with van der Waals surface area (Å²) in [5.74, 6) is 0.0907. The van der Waals surface area contributed by atoms with Gasteiger partial charge in [0.1, 0.15) is 0 Å². The van der Waals surface area contributed by atoms with Crippen molar-refractivity contribution in [3.05, 3.63) is 0 Å². The van der Waals surface area contributed by atoms with Crippen molar-refractivity contribution in [3.63, 3.8) is 0 Å². The minimum absolute atomic E-state index is 0.0907. The van der Waals surface area contributed by atoms with Crippen LogP contribution in [0.4, 0.5) is 0 Å². The van der Waals surface area contributed by atoms with Gasteiger partial charge in [-0.25, -0.2) is 0 Å².